The van der Waals surface area contributed by atoms with Crippen LogP contribution < -0.4 is 16.4 Å². The fourth-order valence-corrected chi connectivity index (χ4v) is 1.71. The fourth-order valence-electron chi connectivity index (χ4n) is 1.71. The number of aliphatic carboxylic acids is 1. The monoisotopic (exact) mass is 327 g/mol. The van der Waals surface area contributed by atoms with Gasteiger partial charge in [-0.2, -0.15) is 0 Å². The van der Waals surface area contributed by atoms with Gasteiger partial charge in [0.1, 0.15) is 18.1 Å². The first-order valence-corrected chi connectivity index (χ1v) is 6.96. The summed E-state index contributed by atoms with van der Waals surface area (Å²) < 4.78 is 0. The van der Waals surface area contributed by atoms with Gasteiger partial charge in [-0.05, 0) is 13.8 Å². The Morgan fingerprint density at radius 1 is 1.30 bits per heavy atom. The summed E-state index contributed by atoms with van der Waals surface area (Å²) in [6.45, 7) is 2.73. The normalized spacial score (nSPS) is 16.0. The first kappa shape index (κ1) is 18.6. The highest BCUT2D eigenvalue weighted by molar-refractivity contribution is 5.91. The highest BCUT2D eigenvalue weighted by Gasteiger charge is 2.26. The maximum Gasteiger partial charge on any atom is 0.326 e. The van der Waals surface area contributed by atoms with Crippen LogP contribution in [0, 0.1) is 0 Å². The van der Waals surface area contributed by atoms with E-state index < -0.39 is 42.0 Å². The van der Waals surface area contributed by atoms with Gasteiger partial charge in [0.15, 0.2) is 0 Å². The molecule has 0 spiro atoms. The summed E-state index contributed by atoms with van der Waals surface area (Å²) in [4.78, 5) is 41.4. The van der Waals surface area contributed by atoms with Crippen LogP contribution in [0.25, 0.3) is 0 Å². The molecule has 128 valence electrons. The number of H-pyrrole nitrogens is 1. The van der Waals surface area contributed by atoms with Crippen LogP contribution in [0.4, 0.5) is 0 Å². The molecule has 0 fully saturated rings. The van der Waals surface area contributed by atoms with E-state index in [9.17, 15) is 19.5 Å². The minimum atomic E-state index is -1.22. The highest BCUT2D eigenvalue weighted by atomic mass is 16.4. The van der Waals surface area contributed by atoms with Crippen molar-refractivity contribution < 1.29 is 24.6 Å². The molecule has 0 radical (unpaired) electrons. The van der Waals surface area contributed by atoms with E-state index in [1.807, 2.05) is 0 Å². The average Bonchev–Trinajstić information content (AvgIpc) is 2.98. The van der Waals surface area contributed by atoms with Crippen LogP contribution in [-0.4, -0.2) is 62.2 Å². The van der Waals surface area contributed by atoms with Crippen molar-refractivity contribution in [3.8, 4) is 0 Å². The molecule has 1 aromatic rings. The Hall–Kier alpha value is -2.46. The Balaban J connectivity index is 2.60. The predicted molar refractivity (Wildman–Crippen MR) is 79.1 cm³/mol. The summed E-state index contributed by atoms with van der Waals surface area (Å²) in [5, 5.41) is 23.0. The second-order valence-corrected chi connectivity index (χ2v) is 5.18. The predicted octanol–water partition coefficient (Wildman–Crippen LogP) is -2.27. The van der Waals surface area contributed by atoms with Crippen LogP contribution in [0.15, 0.2) is 12.5 Å². The number of aromatic nitrogens is 2. The number of carbonyl (C=O) groups is 3. The first-order valence-electron chi connectivity index (χ1n) is 6.96. The molecule has 4 atom stereocenters. The maximum absolute atomic E-state index is 12.0. The van der Waals surface area contributed by atoms with Crippen molar-refractivity contribution in [2.75, 3.05) is 0 Å². The van der Waals surface area contributed by atoms with E-state index in [2.05, 4.69) is 20.6 Å². The van der Waals surface area contributed by atoms with Gasteiger partial charge in [0, 0.05) is 18.3 Å². The topological polar surface area (TPSA) is 170 Å². The zero-order valence-corrected chi connectivity index (χ0v) is 12.8. The zero-order chi connectivity index (χ0) is 17.6. The molecule has 1 aromatic heterocycles. The third-order valence-electron chi connectivity index (χ3n) is 3.17. The molecule has 2 amide bonds. The number of amides is 2. The number of nitrogens with zero attached hydrogens (tertiary/aromatic N) is 1. The second-order valence-electron chi connectivity index (χ2n) is 5.18. The Morgan fingerprint density at radius 3 is 2.43 bits per heavy atom. The molecule has 0 aromatic carbocycles. The Labute approximate surface area is 132 Å². The van der Waals surface area contributed by atoms with Crippen LogP contribution in [0.1, 0.15) is 19.5 Å². The lowest BCUT2D eigenvalue weighted by atomic mass is 10.1. The van der Waals surface area contributed by atoms with Gasteiger partial charge in [-0.1, -0.05) is 0 Å². The first-order chi connectivity index (χ1) is 10.7. The summed E-state index contributed by atoms with van der Waals surface area (Å²) >= 11 is 0. The van der Waals surface area contributed by atoms with Crippen molar-refractivity contribution in [3.63, 3.8) is 0 Å². The van der Waals surface area contributed by atoms with Crippen LogP contribution in [0.5, 0.6) is 0 Å². The van der Waals surface area contributed by atoms with Gasteiger partial charge in [-0.15, -0.1) is 0 Å². The Kier molecular flexibility index (Phi) is 6.66. The zero-order valence-electron chi connectivity index (χ0n) is 12.8. The van der Waals surface area contributed by atoms with Crippen molar-refractivity contribution in [2.24, 2.45) is 5.73 Å². The number of imidazole rings is 1. The number of rotatable bonds is 8. The number of hydrogen-bond donors (Lipinski definition) is 6. The van der Waals surface area contributed by atoms with Crippen LogP contribution in [0.2, 0.25) is 0 Å². The van der Waals surface area contributed by atoms with Crippen LogP contribution >= 0.6 is 0 Å². The summed E-state index contributed by atoms with van der Waals surface area (Å²) in [5.74, 6) is -2.60. The van der Waals surface area contributed by atoms with E-state index in [1.54, 1.807) is 0 Å². The molecule has 0 saturated carbocycles. The Morgan fingerprint density at radius 2 is 1.96 bits per heavy atom. The third-order valence-corrected chi connectivity index (χ3v) is 3.17. The number of nitrogens with one attached hydrogen (secondary N) is 3. The summed E-state index contributed by atoms with van der Waals surface area (Å²) in [6, 6.07) is -3.35. The molecule has 0 aliphatic carbocycles. The minimum absolute atomic E-state index is 0.0227. The lowest BCUT2D eigenvalue weighted by Gasteiger charge is -2.20. The van der Waals surface area contributed by atoms with E-state index in [-0.39, 0.29) is 6.42 Å². The standard InChI is InChI=1S/C13H21N5O5/c1-6(17-12(21)10(14)7(2)19)11(20)18-9(13(22)23)3-8-4-15-5-16-8/h4-7,9-10,19H,3,14H2,1-2H3,(H,15,16)(H,17,21)(H,18,20)(H,22,23). The minimum Gasteiger partial charge on any atom is -0.480 e. The van der Waals surface area contributed by atoms with Crippen molar-refractivity contribution in [3.05, 3.63) is 18.2 Å². The van der Waals surface area contributed by atoms with Crippen molar-refractivity contribution >= 4 is 17.8 Å². The maximum atomic E-state index is 12.0. The number of aromatic amines is 1. The van der Waals surface area contributed by atoms with Gasteiger partial charge in [-0.25, -0.2) is 9.78 Å². The Bertz CT molecular complexity index is 545. The number of carboxylic acids is 1. The van der Waals surface area contributed by atoms with Crippen molar-refractivity contribution in [1.82, 2.24) is 20.6 Å². The largest absolute Gasteiger partial charge is 0.480 e. The molecule has 0 bridgehead atoms. The molecule has 1 heterocycles. The number of aliphatic hydroxyl groups is 1. The number of nitrogens with two attached hydrogens (primary N) is 1. The molecular formula is C13H21N5O5. The fraction of sp³-hybridized carbons (Fsp3) is 0.538. The van der Waals surface area contributed by atoms with Crippen LogP contribution in [0.3, 0.4) is 0 Å². The summed E-state index contributed by atoms with van der Waals surface area (Å²) in [5.41, 5.74) is 6.00. The molecule has 23 heavy (non-hydrogen) atoms. The van der Waals surface area contributed by atoms with E-state index >= 15 is 0 Å². The lowest BCUT2D eigenvalue weighted by Crippen LogP contribution is -2.55. The van der Waals surface area contributed by atoms with Crippen molar-refractivity contribution in [1.29, 1.82) is 0 Å². The molecule has 0 aliphatic rings. The molecule has 4 unspecified atom stereocenters. The molecule has 7 N–H and O–H groups in total. The molecule has 10 nitrogen and oxygen atoms in total. The molecule has 0 aliphatic heterocycles. The number of carboxylic acid groups (broad SMARTS) is 1. The quantitative estimate of drug-likeness (QED) is 0.312. The summed E-state index contributed by atoms with van der Waals surface area (Å²) in [7, 11) is 0. The average molecular weight is 327 g/mol. The molecule has 0 saturated heterocycles. The van der Waals surface area contributed by atoms with Crippen molar-refractivity contribution in [2.45, 2.75) is 44.5 Å². The highest BCUT2D eigenvalue weighted by Crippen LogP contribution is 2.00. The molecule has 10 heteroatoms. The van der Waals surface area contributed by atoms with Gasteiger partial charge in [-0.3, -0.25) is 9.59 Å². The van der Waals surface area contributed by atoms with Gasteiger partial charge in [0.25, 0.3) is 0 Å². The van der Waals surface area contributed by atoms with Crippen LogP contribution in [-0.2, 0) is 20.8 Å². The van der Waals surface area contributed by atoms with E-state index in [4.69, 9.17) is 10.8 Å². The molecule has 1 rings (SSSR count). The number of carbonyl (C=O) groups excluding carboxylic acids is 2. The molecular weight excluding hydrogens is 306 g/mol. The van der Waals surface area contributed by atoms with Gasteiger partial charge >= 0.3 is 5.97 Å². The number of hydrogen-bond acceptors (Lipinski definition) is 6. The van der Waals surface area contributed by atoms with E-state index in [0.717, 1.165) is 0 Å². The van der Waals surface area contributed by atoms with E-state index in [0.29, 0.717) is 5.69 Å². The number of aliphatic hydroxyl groups excluding tert-OH is 1. The summed E-state index contributed by atoms with van der Waals surface area (Å²) in [6.07, 6.45) is 1.80. The third kappa shape index (κ3) is 5.68. The van der Waals surface area contributed by atoms with Gasteiger partial charge in [0.2, 0.25) is 11.8 Å². The SMILES string of the molecule is CC(NC(=O)C(N)C(C)O)C(=O)NC(Cc1cnc[nH]1)C(=O)O. The smallest absolute Gasteiger partial charge is 0.326 e. The van der Waals surface area contributed by atoms with Gasteiger partial charge in [0.05, 0.1) is 12.4 Å². The van der Waals surface area contributed by atoms with Gasteiger partial charge < -0.3 is 31.6 Å². The van der Waals surface area contributed by atoms with E-state index in [1.165, 1.54) is 26.4 Å². The lowest BCUT2D eigenvalue weighted by molar-refractivity contribution is -0.142. The second kappa shape index (κ2) is 8.25.